The Labute approximate surface area is 99.8 Å². The minimum atomic E-state index is -0.242. The summed E-state index contributed by atoms with van der Waals surface area (Å²) in [6.07, 6.45) is 2.25. The Morgan fingerprint density at radius 2 is 2.12 bits per heavy atom. The molecular weight excluding hydrogens is 202 g/mol. The van der Waals surface area contributed by atoms with Crippen molar-refractivity contribution in [3.63, 3.8) is 0 Å². The zero-order chi connectivity index (χ0) is 12.2. The molecule has 1 rings (SSSR count). The molecule has 2 unspecified atom stereocenters. The van der Waals surface area contributed by atoms with Gasteiger partial charge in [0.1, 0.15) is 0 Å². The van der Waals surface area contributed by atoms with Gasteiger partial charge in [-0.1, -0.05) is 20.8 Å². The highest BCUT2D eigenvalue weighted by Crippen LogP contribution is 2.22. The molecule has 0 aromatic heterocycles. The number of aliphatic hydroxyl groups excluding tert-OH is 1. The maximum absolute atomic E-state index is 10.1. The fourth-order valence-corrected chi connectivity index (χ4v) is 2.21. The Kier molecular flexibility index (Phi) is 5.22. The second-order valence-electron chi connectivity index (χ2n) is 6.10. The minimum absolute atomic E-state index is 0.0196. The van der Waals surface area contributed by atoms with E-state index in [0.717, 1.165) is 26.2 Å². The summed E-state index contributed by atoms with van der Waals surface area (Å²) in [5.74, 6) is 0.644. The average Bonchev–Trinajstić information content (AvgIpc) is 2.17. The first-order valence-corrected chi connectivity index (χ1v) is 6.33. The summed E-state index contributed by atoms with van der Waals surface area (Å²) in [5.41, 5.74) is -0.0196. The van der Waals surface area contributed by atoms with E-state index in [1.54, 1.807) is 7.11 Å². The third-order valence-electron chi connectivity index (χ3n) is 3.44. The van der Waals surface area contributed by atoms with E-state index in [-0.39, 0.29) is 11.5 Å². The number of nitrogens with zero attached hydrogens (tertiary/aromatic N) is 1. The lowest BCUT2D eigenvalue weighted by Crippen LogP contribution is -2.44. The van der Waals surface area contributed by atoms with E-state index in [4.69, 9.17) is 4.74 Å². The van der Waals surface area contributed by atoms with Crippen LogP contribution in [-0.4, -0.2) is 49.5 Å². The van der Waals surface area contributed by atoms with Crippen molar-refractivity contribution in [3.8, 4) is 0 Å². The molecule has 1 aliphatic heterocycles. The molecule has 0 aliphatic carbocycles. The van der Waals surface area contributed by atoms with Crippen molar-refractivity contribution in [1.29, 1.82) is 0 Å². The fourth-order valence-electron chi connectivity index (χ4n) is 2.21. The van der Waals surface area contributed by atoms with Crippen LogP contribution >= 0.6 is 0 Å². The molecule has 1 N–H and O–H groups in total. The molecule has 0 amide bonds. The third kappa shape index (κ3) is 4.40. The highest BCUT2D eigenvalue weighted by Gasteiger charge is 2.27. The van der Waals surface area contributed by atoms with Gasteiger partial charge in [-0.05, 0) is 30.7 Å². The molecule has 0 aromatic rings. The quantitative estimate of drug-likeness (QED) is 0.797. The predicted octanol–water partition coefficient (Wildman–Crippen LogP) is 1.75. The van der Waals surface area contributed by atoms with Crippen molar-refractivity contribution < 1.29 is 9.84 Å². The van der Waals surface area contributed by atoms with Gasteiger partial charge in [-0.25, -0.2) is 0 Å². The van der Waals surface area contributed by atoms with Gasteiger partial charge >= 0.3 is 0 Å². The molecule has 3 nitrogen and oxygen atoms in total. The largest absolute Gasteiger partial charge is 0.391 e. The molecule has 0 saturated carbocycles. The van der Waals surface area contributed by atoms with Crippen molar-refractivity contribution in [2.45, 2.75) is 39.7 Å². The van der Waals surface area contributed by atoms with Gasteiger partial charge in [0.2, 0.25) is 0 Å². The second kappa shape index (κ2) is 5.99. The third-order valence-corrected chi connectivity index (χ3v) is 3.44. The van der Waals surface area contributed by atoms with Gasteiger partial charge in [-0.2, -0.15) is 0 Å². The van der Waals surface area contributed by atoms with Gasteiger partial charge < -0.3 is 14.7 Å². The average molecular weight is 229 g/mol. The maximum Gasteiger partial charge on any atom is 0.0715 e. The number of ether oxygens (including phenoxy) is 1. The first kappa shape index (κ1) is 13.9. The van der Waals surface area contributed by atoms with Crippen molar-refractivity contribution in [3.05, 3.63) is 0 Å². The summed E-state index contributed by atoms with van der Waals surface area (Å²) < 4.78 is 5.21. The van der Waals surface area contributed by atoms with E-state index in [9.17, 15) is 5.11 Å². The lowest BCUT2D eigenvalue weighted by atomic mass is 9.88. The molecule has 1 heterocycles. The number of β-amino-alcohol motifs (C(OH)–C–C–N with tert-alkyl or cyclic N) is 1. The highest BCUT2D eigenvalue weighted by atomic mass is 16.5. The van der Waals surface area contributed by atoms with Crippen LogP contribution < -0.4 is 0 Å². The first-order chi connectivity index (χ1) is 7.43. The number of rotatable bonds is 4. The molecule has 0 radical (unpaired) electrons. The van der Waals surface area contributed by atoms with E-state index in [1.165, 1.54) is 12.8 Å². The molecule has 2 atom stereocenters. The van der Waals surface area contributed by atoms with Crippen molar-refractivity contribution in [2.75, 3.05) is 33.4 Å². The van der Waals surface area contributed by atoms with Crippen LogP contribution in [-0.2, 0) is 4.74 Å². The molecular formula is C13H27NO2. The summed E-state index contributed by atoms with van der Waals surface area (Å²) in [6, 6.07) is 0. The van der Waals surface area contributed by atoms with Crippen LogP contribution in [0.1, 0.15) is 33.6 Å². The lowest BCUT2D eigenvalue weighted by Gasteiger charge is -2.36. The Balaban J connectivity index is 2.37. The number of hydrogen-bond acceptors (Lipinski definition) is 3. The Hall–Kier alpha value is -0.120. The van der Waals surface area contributed by atoms with Crippen molar-refractivity contribution in [1.82, 2.24) is 4.90 Å². The van der Waals surface area contributed by atoms with Crippen molar-refractivity contribution >= 4 is 0 Å². The monoisotopic (exact) mass is 229 g/mol. The topological polar surface area (TPSA) is 32.7 Å². The zero-order valence-electron chi connectivity index (χ0n) is 11.2. The van der Waals surface area contributed by atoms with Crippen LogP contribution in [0.5, 0.6) is 0 Å². The van der Waals surface area contributed by atoms with E-state index < -0.39 is 0 Å². The van der Waals surface area contributed by atoms with E-state index in [0.29, 0.717) is 5.92 Å². The fraction of sp³-hybridized carbons (Fsp3) is 1.00. The van der Waals surface area contributed by atoms with Gasteiger partial charge in [-0.15, -0.1) is 0 Å². The number of hydrogen-bond donors (Lipinski definition) is 1. The summed E-state index contributed by atoms with van der Waals surface area (Å²) in [4.78, 5) is 2.38. The molecule has 0 aromatic carbocycles. The van der Waals surface area contributed by atoms with Gasteiger partial charge in [0.15, 0.2) is 0 Å². The van der Waals surface area contributed by atoms with Gasteiger partial charge in [0, 0.05) is 20.2 Å². The number of methoxy groups -OCH3 is 1. The Bertz CT molecular complexity index is 199. The van der Waals surface area contributed by atoms with E-state index >= 15 is 0 Å². The second-order valence-corrected chi connectivity index (χ2v) is 6.10. The van der Waals surface area contributed by atoms with Crippen LogP contribution in [0.25, 0.3) is 0 Å². The summed E-state index contributed by atoms with van der Waals surface area (Å²) in [6.45, 7) is 10.1. The molecule has 1 fully saturated rings. The smallest absolute Gasteiger partial charge is 0.0715 e. The lowest BCUT2D eigenvalue weighted by molar-refractivity contribution is 0.00839. The zero-order valence-corrected chi connectivity index (χ0v) is 11.2. The van der Waals surface area contributed by atoms with E-state index in [1.807, 2.05) is 0 Å². The SMILES string of the molecule is COCC1CCCN(CC(O)C(C)(C)C)C1. The van der Waals surface area contributed by atoms with Crippen LogP contribution in [0.2, 0.25) is 0 Å². The molecule has 0 bridgehead atoms. The van der Waals surface area contributed by atoms with E-state index in [2.05, 4.69) is 25.7 Å². The molecule has 96 valence electrons. The van der Waals surface area contributed by atoms with Gasteiger partial charge in [0.05, 0.1) is 12.7 Å². The molecule has 16 heavy (non-hydrogen) atoms. The molecule has 1 saturated heterocycles. The highest BCUT2D eigenvalue weighted by molar-refractivity contribution is 4.80. The predicted molar refractivity (Wildman–Crippen MR) is 66.5 cm³/mol. The van der Waals surface area contributed by atoms with Gasteiger partial charge in [-0.3, -0.25) is 0 Å². The van der Waals surface area contributed by atoms with Crippen LogP contribution in [0.3, 0.4) is 0 Å². The number of aliphatic hydroxyl groups is 1. The van der Waals surface area contributed by atoms with Crippen LogP contribution in [0, 0.1) is 11.3 Å². The van der Waals surface area contributed by atoms with Crippen molar-refractivity contribution in [2.24, 2.45) is 11.3 Å². The Morgan fingerprint density at radius 3 is 2.69 bits per heavy atom. The minimum Gasteiger partial charge on any atom is -0.391 e. The normalized spacial score (nSPS) is 25.7. The number of likely N-dealkylation sites (tertiary alicyclic amines) is 1. The maximum atomic E-state index is 10.1. The standard InChI is InChI=1S/C13H27NO2/c1-13(2,3)12(15)9-14-7-5-6-11(8-14)10-16-4/h11-12,15H,5-10H2,1-4H3. The molecule has 0 spiro atoms. The van der Waals surface area contributed by atoms with Crippen LogP contribution in [0.4, 0.5) is 0 Å². The molecule has 3 heteroatoms. The number of piperidine rings is 1. The first-order valence-electron chi connectivity index (χ1n) is 6.33. The summed E-state index contributed by atoms with van der Waals surface area (Å²) in [5, 5.41) is 10.1. The molecule has 1 aliphatic rings. The summed E-state index contributed by atoms with van der Waals surface area (Å²) in [7, 11) is 1.77. The van der Waals surface area contributed by atoms with Crippen LogP contribution in [0.15, 0.2) is 0 Å². The summed E-state index contributed by atoms with van der Waals surface area (Å²) >= 11 is 0. The Morgan fingerprint density at radius 1 is 1.44 bits per heavy atom. The van der Waals surface area contributed by atoms with Gasteiger partial charge in [0.25, 0.3) is 0 Å².